The number of methoxy groups -OCH3 is 1. The minimum atomic E-state index is 0.288. The highest BCUT2D eigenvalue weighted by Gasteiger charge is 2.21. The Labute approximate surface area is 109 Å². The topological polar surface area (TPSA) is 44.5 Å². The Morgan fingerprint density at radius 3 is 2.67 bits per heavy atom. The number of hydrogen-bond donors (Lipinski definition) is 1. The van der Waals surface area contributed by atoms with Gasteiger partial charge in [-0.15, -0.1) is 0 Å². The molecule has 3 nitrogen and oxygen atoms in total. The fourth-order valence-corrected chi connectivity index (χ4v) is 2.51. The van der Waals surface area contributed by atoms with Crippen molar-refractivity contribution in [3.8, 4) is 11.5 Å². The Morgan fingerprint density at radius 2 is 2.06 bits per heavy atom. The van der Waals surface area contributed by atoms with Crippen molar-refractivity contribution < 1.29 is 9.47 Å². The first-order valence-corrected chi connectivity index (χ1v) is 6.80. The van der Waals surface area contributed by atoms with Gasteiger partial charge in [0.2, 0.25) is 0 Å². The van der Waals surface area contributed by atoms with Gasteiger partial charge in [-0.1, -0.05) is 19.1 Å². The van der Waals surface area contributed by atoms with E-state index in [4.69, 9.17) is 15.2 Å². The van der Waals surface area contributed by atoms with Gasteiger partial charge in [-0.3, -0.25) is 0 Å². The van der Waals surface area contributed by atoms with E-state index in [0.717, 1.165) is 29.9 Å². The molecule has 1 aromatic carbocycles. The van der Waals surface area contributed by atoms with Crippen LogP contribution in [0.15, 0.2) is 18.2 Å². The largest absolute Gasteiger partial charge is 0.493 e. The summed E-state index contributed by atoms with van der Waals surface area (Å²) in [4.78, 5) is 0. The molecule has 0 amide bonds. The molecule has 1 fully saturated rings. The molecule has 2 rings (SSSR count). The third-order valence-electron chi connectivity index (χ3n) is 3.70. The van der Waals surface area contributed by atoms with E-state index in [1.807, 2.05) is 12.1 Å². The standard InChI is InChI=1S/C15H23NO2/c1-11(10-16)13-8-5-9-14(17-2)15(13)18-12-6-3-4-7-12/h5,8-9,11-12H,3-4,6-7,10,16H2,1-2H3. The van der Waals surface area contributed by atoms with Gasteiger partial charge in [0.25, 0.3) is 0 Å². The molecule has 0 heterocycles. The van der Waals surface area contributed by atoms with Gasteiger partial charge >= 0.3 is 0 Å². The number of hydrogen-bond acceptors (Lipinski definition) is 3. The van der Waals surface area contributed by atoms with Gasteiger partial charge in [-0.05, 0) is 44.2 Å². The summed E-state index contributed by atoms with van der Waals surface area (Å²) in [6.45, 7) is 2.74. The molecule has 2 N–H and O–H groups in total. The van der Waals surface area contributed by atoms with Gasteiger partial charge in [-0.25, -0.2) is 0 Å². The van der Waals surface area contributed by atoms with Gasteiger partial charge in [0.05, 0.1) is 13.2 Å². The van der Waals surface area contributed by atoms with Crippen LogP contribution in [0.4, 0.5) is 0 Å². The Kier molecular flexibility index (Phi) is 4.48. The summed E-state index contributed by atoms with van der Waals surface area (Å²) in [6, 6.07) is 6.04. The highest BCUT2D eigenvalue weighted by Crippen LogP contribution is 2.37. The van der Waals surface area contributed by atoms with Crippen molar-refractivity contribution in [1.29, 1.82) is 0 Å². The second-order valence-electron chi connectivity index (χ2n) is 5.04. The van der Waals surface area contributed by atoms with Crippen LogP contribution in [-0.4, -0.2) is 19.8 Å². The maximum absolute atomic E-state index is 6.17. The Balaban J connectivity index is 2.27. The van der Waals surface area contributed by atoms with E-state index in [2.05, 4.69) is 13.0 Å². The highest BCUT2D eigenvalue weighted by atomic mass is 16.5. The van der Waals surface area contributed by atoms with Crippen LogP contribution in [0, 0.1) is 0 Å². The quantitative estimate of drug-likeness (QED) is 0.872. The van der Waals surface area contributed by atoms with Gasteiger partial charge in [0.1, 0.15) is 0 Å². The predicted molar refractivity (Wildman–Crippen MR) is 73.3 cm³/mol. The molecule has 1 saturated carbocycles. The molecule has 1 aliphatic carbocycles. The lowest BCUT2D eigenvalue weighted by molar-refractivity contribution is 0.198. The van der Waals surface area contributed by atoms with Crippen molar-refractivity contribution in [2.75, 3.05) is 13.7 Å². The Morgan fingerprint density at radius 1 is 1.33 bits per heavy atom. The smallest absolute Gasteiger partial charge is 0.165 e. The molecule has 0 aliphatic heterocycles. The number of para-hydroxylation sites is 1. The van der Waals surface area contributed by atoms with Gasteiger partial charge < -0.3 is 15.2 Å². The van der Waals surface area contributed by atoms with E-state index in [9.17, 15) is 0 Å². The predicted octanol–water partition coefficient (Wildman–Crippen LogP) is 3.08. The second-order valence-corrected chi connectivity index (χ2v) is 5.04. The van der Waals surface area contributed by atoms with Gasteiger partial charge in [0, 0.05) is 5.56 Å². The average Bonchev–Trinajstić information content (AvgIpc) is 2.91. The van der Waals surface area contributed by atoms with Crippen molar-refractivity contribution in [1.82, 2.24) is 0 Å². The fourth-order valence-electron chi connectivity index (χ4n) is 2.51. The van der Waals surface area contributed by atoms with Crippen LogP contribution in [0.2, 0.25) is 0 Å². The summed E-state index contributed by atoms with van der Waals surface area (Å²) in [7, 11) is 1.69. The summed E-state index contributed by atoms with van der Waals surface area (Å²) >= 11 is 0. The molecular weight excluding hydrogens is 226 g/mol. The molecule has 0 spiro atoms. The minimum absolute atomic E-state index is 0.288. The Bertz CT molecular complexity index is 386. The zero-order chi connectivity index (χ0) is 13.0. The number of rotatable bonds is 5. The molecule has 1 atom stereocenters. The summed E-state index contributed by atoms with van der Waals surface area (Å²) in [5, 5.41) is 0. The van der Waals surface area contributed by atoms with Crippen molar-refractivity contribution in [2.45, 2.75) is 44.6 Å². The lowest BCUT2D eigenvalue weighted by Crippen LogP contribution is -2.16. The first-order valence-electron chi connectivity index (χ1n) is 6.80. The summed E-state index contributed by atoms with van der Waals surface area (Å²) in [5.74, 6) is 2.00. The Hall–Kier alpha value is -1.22. The van der Waals surface area contributed by atoms with Gasteiger partial charge in [0.15, 0.2) is 11.5 Å². The summed E-state index contributed by atoms with van der Waals surface area (Å²) < 4.78 is 11.6. The van der Waals surface area contributed by atoms with Crippen molar-refractivity contribution in [2.24, 2.45) is 5.73 Å². The van der Waals surface area contributed by atoms with Crippen LogP contribution in [0.1, 0.15) is 44.1 Å². The van der Waals surface area contributed by atoms with E-state index in [-0.39, 0.29) is 5.92 Å². The molecule has 0 radical (unpaired) electrons. The zero-order valence-corrected chi connectivity index (χ0v) is 11.3. The number of benzene rings is 1. The molecule has 1 unspecified atom stereocenters. The van der Waals surface area contributed by atoms with Crippen LogP contribution in [0.5, 0.6) is 11.5 Å². The molecule has 0 aromatic heterocycles. The van der Waals surface area contributed by atoms with E-state index in [1.165, 1.54) is 12.8 Å². The van der Waals surface area contributed by atoms with E-state index < -0.39 is 0 Å². The summed E-state index contributed by atoms with van der Waals surface area (Å²) in [5.41, 5.74) is 6.93. The van der Waals surface area contributed by atoms with E-state index in [0.29, 0.717) is 12.6 Å². The molecule has 0 saturated heterocycles. The maximum Gasteiger partial charge on any atom is 0.165 e. The second kappa shape index (κ2) is 6.10. The van der Waals surface area contributed by atoms with Crippen LogP contribution in [0.25, 0.3) is 0 Å². The molecule has 1 aromatic rings. The van der Waals surface area contributed by atoms with E-state index >= 15 is 0 Å². The average molecular weight is 249 g/mol. The molecule has 0 bridgehead atoms. The normalized spacial score (nSPS) is 17.7. The highest BCUT2D eigenvalue weighted by molar-refractivity contribution is 5.48. The van der Waals surface area contributed by atoms with E-state index in [1.54, 1.807) is 7.11 Å². The SMILES string of the molecule is COc1cccc(C(C)CN)c1OC1CCCC1. The first kappa shape index (κ1) is 13.2. The lowest BCUT2D eigenvalue weighted by atomic mass is 10.00. The van der Waals surface area contributed by atoms with Crippen molar-refractivity contribution in [3.05, 3.63) is 23.8 Å². The molecule has 1 aliphatic rings. The maximum atomic E-state index is 6.17. The van der Waals surface area contributed by atoms with Crippen molar-refractivity contribution in [3.63, 3.8) is 0 Å². The minimum Gasteiger partial charge on any atom is -0.493 e. The van der Waals surface area contributed by atoms with Crippen LogP contribution >= 0.6 is 0 Å². The van der Waals surface area contributed by atoms with Crippen molar-refractivity contribution >= 4 is 0 Å². The van der Waals surface area contributed by atoms with Gasteiger partial charge in [-0.2, -0.15) is 0 Å². The molecule has 100 valence electrons. The molecular formula is C15H23NO2. The summed E-state index contributed by atoms with van der Waals surface area (Å²) in [6.07, 6.45) is 5.16. The molecule has 3 heteroatoms. The number of ether oxygens (including phenoxy) is 2. The first-order chi connectivity index (χ1) is 8.76. The fraction of sp³-hybridized carbons (Fsp3) is 0.600. The van der Waals surface area contributed by atoms with Crippen LogP contribution in [-0.2, 0) is 0 Å². The zero-order valence-electron chi connectivity index (χ0n) is 11.3. The van der Waals surface area contributed by atoms with Crippen LogP contribution in [0.3, 0.4) is 0 Å². The van der Waals surface area contributed by atoms with Crippen LogP contribution < -0.4 is 15.2 Å². The third kappa shape index (κ3) is 2.78. The molecule has 18 heavy (non-hydrogen) atoms. The monoisotopic (exact) mass is 249 g/mol. The third-order valence-corrected chi connectivity index (χ3v) is 3.70. The number of nitrogens with two attached hydrogens (primary N) is 1. The lowest BCUT2D eigenvalue weighted by Gasteiger charge is -2.21.